The van der Waals surface area contributed by atoms with Crippen LogP contribution in [0.4, 0.5) is 0 Å². The molecule has 0 spiro atoms. The molecular weight excluding hydrogens is 168 g/mol. The van der Waals surface area contributed by atoms with Gasteiger partial charge in [0, 0.05) is 0 Å². The molecule has 0 rings (SSSR count). The maximum absolute atomic E-state index is 10.0. The smallest absolute Gasteiger partial charge is 0.211 e. The molecule has 0 aliphatic rings. The highest BCUT2D eigenvalue weighted by Crippen LogP contribution is 2.10. The number of hydrogen-bond acceptors (Lipinski definition) is 4. The van der Waals surface area contributed by atoms with Crippen LogP contribution in [0.5, 0.6) is 0 Å². The SMILES string of the molecule is CCCC(CC(C)N=C=O)N=C=O. The van der Waals surface area contributed by atoms with E-state index in [1.54, 1.807) is 6.92 Å². The predicted octanol–water partition coefficient (Wildman–Crippen LogP) is 1.61. The van der Waals surface area contributed by atoms with Gasteiger partial charge < -0.3 is 0 Å². The first-order valence-electron chi connectivity index (χ1n) is 4.38. The fraction of sp³-hybridized carbons (Fsp3) is 0.778. The molecule has 4 heteroatoms. The van der Waals surface area contributed by atoms with E-state index >= 15 is 0 Å². The zero-order valence-electron chi connectivity index (χ0n) is 7.99. The fourth-order valence-corrected chi connectivity index (χ4v) is 1.18. The summed E-state index contributed by atoms with van der Waals surface area (Å²) in [5, 5.41) is 0. The molecule has 0 N–H and O–H groups in total. The van der Waals surface area contributed by atoms with E-state index in [-0.39, 0.29) is 12.1 Å². The summed E-state index contributed by atoms with van der Waals surface area (Å²) in [7, 11) is 0. The van der Waals surface area contributed by atoms with Crippen molar-refractivity contribution in [1.29, 1.82) is 0 Å². The van der Waals surface area contributed by atoms with Gasteiger partial charge in [0.1, 0.15) is 0 Å². The molecule has 4 nitrogen and oxygen atoms in total. The molecule has 0 saturated carbocycles. The first kappa shape index (κ1) is 11.8. The molecule has 0 aliphatic carbocycles. The summed E-state index contributed by atoms with van der Waals surface area (Å²) < 4.78 is 0. The molecule has 0 aromatic rings. The van der Waals surface area contributed by atoms with E-state index in [1.165, 1.54) is 12.2 Å². The lowest BCUT2D eigenvalue weighted by Gasteiger charge is -2.10. The van der Waals surface area contributed by atoms with Crippen LogP contribution in [0.3, 0.4) is 0 Å². The fourth-order valence-electron chi connectivity index (χ4n) is 1.18. The van der Waals surface area contributed by atoms with Gasteiger partial charge in [-0.15, -0.1) is 0 Å². The van der Waals surface area contributed by atoms with Crippen molar-refractivity contribution in [2.24, 2.45) is 9.98 Å². The van der Waals surface area contributed by atoms with Crippen LogP contribution >= 0.6 is 0 Å². The van der Waals surface area contributed by atoms with E-state index in [9.17, 15) is 9.59 Å². The highest BCUT2D eigenvalue weighted by molar-refractivity contribution is 5.34. The third-order valence-corrected chi connectivity index (χ3v) is 1.74. The molecule has 13 heavy (non-hydrogen) atoms. The quantitative estimate of drug-likeness (QED) is 0.462. The number of hydrogen-bond donors (Lipinski definition) is 0. The highest BCUT2D eigenvalue weighted by Gasteiger charge is 2.10. The van der Waals surface area contributed by atoms with Gasteiger partial charge in [-0.2, -0.15) is 0 Å². The second-order valence-corrected chi connectivity index (χ2v) is 2.97. The number of rotatable bonds is 6. The van der Waals surface area contributed by atoms with Gasteiger partial charge in [0.2, 0.25) is 12.2 Å². The summed E-state index contributed by atoms with van der Waals surface area (Å²) in [5.41, 5.74) is 0. The Morgan fingerprint density at radius 2 is 1.85 bits per heavy atom. The first-order valence-corrected chi connectivity index (χ1v) is 4.38. The second-order valence-electron chi connectivity index (χ2n) is 2.97. The number of aliphatic imine (C=N–C) groups is 2. The lowest BCUT2D eigenvalue weighted by atomic mass is 10.1. The Labute approximate surface area is 77.8 Å². The normalized spacial score (nSPS) is 13.7. The molecule has 72 valence electrons. The van der Waals surface area contributed by atoms with Gasteiger partial charge in [0.15, 0.2) is 0 Å². The summed E-state index contributed by atoms with van der Waals surface area (Å²) in [4.78, 5) is 27.1. The topological polar surface area (TPSA) is 58.9 Å². The minimum atomic E-state index is -0.119. The van der Waals surface area contributed by atoms with Crippen molar-refractivity contribution in [3.8, 4) is 0 Å². The van der Waals surface area contributed by atoms with E-state index in [0.29, 0.717) is 6.42 Å². The van der Waals surface area contributed by atoms with Crippen LogP contribution in [0.1, 0.15) is 33.1 Å². The van der Waals surface area contributed by atoms with Gasteiger partial charge in [0.25, 0.3) is 0 Å². The van der Waals surface area contributed by atoms with Gasteiger partial charge in [-0.3, -0.25) is 0 Å². The summed E-state index contributed by atoms with van der Waals surface area (Å²) >= 11 is 0. The Bertz CT molecular complexity index is 228. The van der Waals surface area contributed by atoms with Crippen molar-refractivity contribution in [3.05, 3.63) is 0 Å². The number of nitrogens with zero attached hydrogens (tertiary/aromatic N) is 2. The average Bonchev–Trinajstić information content (AvgIpc) is 2.05. The molecular formula is C9H14N2O2. The monoisotopic (exact) mass is 182 g/mol. The highest BCUT2D eigenvalue weighted by atomic mass is 16.1. The van der Waals surface area contributed by atoms with Crippen molar-refractivity contribution < 1.29 is 9.59 Å². The third kappa shape index (κ3) is 5.97. The van der Waals surface area contributed by atoms with Gasteiger partial charge in [0.05, 0.1) is 12.1 Å². The van der Waals surface area contributed by atoms with Gasteiger partial charge in [-0.05, 0) is 19.8 Å². The Morgan fingerprint density at radius 1 is 1.23 bits per heavy atom. The number of isocyanates is 2. The number of carbonyl (C=O) groups excluding carboxylic acids is 2. The molecule has 2 unspecified atom stereocenters. The minimum absolute atomic E-state index is 0.0606. The largest absolute Gasteiger partial charge is 0.235 e. The van der Waals surface area contributed by atoms with Crippen molar-refractivity contribution in [2.75, 3.05) is 0 Å². The molecule has 0 saturated heterocycles. The first-order chi connectivity index (χ1) is 6.24. The van der Waals surface area contributed by atoms with Gasteiger partial charge in [-0.25, -0.2) is 19.6 Å². The van der Waals surface area contributed by atoms with E-state index in [2.05, 4.69) is 9.98 Å². The third-order valence-electron chi connectivity index (χ3n) is 1.74. The summed E-state index contributed by atoms with van der Waals surface area (Å²) in [6, 6.07) is -0.180. The summed E-state index contributed by atoms with van der Waals surface area (Å²) in [6.45, 7) is 3.81. The average molecular weight is 182 g/mol. The maximum atomic E-state index is 10.0. The Morgan fingerprint density at radius 3 is 2.31 bits per heavy atom. The minimum Gasteiger partial charge on any atom is -0.211 e. The zero-order valence-corrected chi connectivity index (χ0v) is 7.99. The maximum Gasteiger partial charge on any atom is 0.235 e. The molecule has 0 aromatic carbocycles. The molecule has 0 aliphatic heterocycles. The second kappa shape index (κ2) is 7.41. The van der Waals surface area contributed by atoms with Crippen LogP contribution in [0.15, 0.2) is 9.98 Å². The van der Waals surface area contributed by atoms with E-state index in [4.69, 9.17) is 0 Å². The molecule has 0 aromatic heterocycles. The lowest BCUT2D eigenvalue weighted by molar-refractivity contribution is 0.498. The van der Waals surface area contributed by atoms with E-state index in [1.807, 2.05) is 6.92 Å². The standard InChI is InChI=1S/C9H14N2O2/c1-3-4-9(11-7-13)5-8(2)10-6-12/h8-9H,3-5H2,1-2H3. The molecule has 0 radical (unpaired) electrons. The van der Waals surface area contributed by atoms with Crippen molar-refractivity contribution in [1.82, 2.24) is 0 Å². The Balaban J connectivity index is 4.07. The van der Waals surface area contributed by atoms with Gasteiger partial charge >= 0.3 is 0 Å². The van der Waals surface area contributed by atoms with Crippen LogP contribution in [0.25, 0.3) is 0 Å². The van der Waals surface area contributed by atoms with Gasteiger partial charge in [-0.1, -0.05) is 13.3 Å². The molecule has 0 amide bonds. The van der Waals surface area contributed by atoms with Crippen molar-refractivity contribution >= 4 is 12.2 Å². The van der Waals surface area contributed by atoms with Crippen LogP contribution in [-0.4, -0.2) is 24.2 Å². The van der Waals surface area contributed by atoms with Crippen LogP contribution < -0.4 is 0 Å². The summed E-state index contributed by atoms with van der Waals surface area (Å²) in [6.07, 6.45) is 5.42. The zero-order chi connectivity index (χ0) is 10.1. The molecule has 0 bridgehead atoms. The molecule has 0 fully saturated rings. The predicted molar refractivity (Wildman–Crippen MR) is 49.0 cm³/mol. The van der Waals surface area contributed by atoms with Crippen molar-refractivity contribution in [3.63, 3.8) is 0 Å². The van der Waals surface area contributed by atoms with Crippen molar-refractivity contribution in [2.45, 2.75) is 45.2 Å². The Hall–Kier alpha value is -1.24. The van der Waals surface area contributed by atoms with E-state index in [0.717, 1.165) is 12.8 Å². The molecule has 2 atom stereocenters. The lowest BCUT2D eigenvalue weighted by Crippen LogP contribution is -2.11. The van der Waals surface area contributed by atoms with Crippen LogP contribution in [-0.2, 0) is 9.59 Å². The summed E-state index contributed by atoms with van der Waals surface area (Å²) in [5.74, 6) is 0. The van der Waals surface area contributed by atoms with Crippen LogP contribution in [0.2, 0.25) is 0 Å². The van der Waals surface area contributed by atoms with E-state index < -0.39 is 0 Å². The molecule has 0 heterocycles. The van der Waals surface area contributed by atoms with Crippen LogP contribution in [0, 0.1) is 0 Å². The Kier molecular flexibility index (Phi) is 6.70.